The predicted molar refractivity (Wildman–Crippen MR) is 58.3 cm³/mol. The lowest BCUT2D eigenvalue weighted by atomic mass is 10.1. The van der Waals surface area contributed by atoms with Crippen LogP contribution in [0.15, 0.2) is 18.2 Å². The third-order valence-electron chi connectivity index (χ3n) is 2.41. The van der Waals surface area contributed by atoms with Gasteiger partial charge in [0.05, 0.1) is 29.8 Å². The molecule has 3 nitrogen and oxygen atoms in total. The van der Waals surface area contributed by atoms with Gasteiger partial charge in [-0.15, -0.1) is 0 Å². The molecule has 15 heavy (non-hydrogen) atoms. The van der Waals surface area contributed by atoms with Crippen LogP contribution in [0, 0.1) is 6.92 Å². The van der Waals surface area contributed by atoms with Gasteiger partial charge < -0.3 is 10.1 Å². The van der Waals surface area contributed by atoms with E-state index >= 15 is 0 Å². The van der Waals surface area contributed by atoms with Gasteiger partial charge in [0.15, 0.2) is 0 Å². The molecular weight excluding hydrogens is 214 g/mol. The monoisotopic (exact) mass is 225 g/mol. The molecule has 1 aromatic carbocycles. The second-order valence-electron chi connectivity index (χ2n) is 3.64. The smallest absolute Gasteiger partial charge is 0.253 e. The van der Waals surface area contributed by atoms with Crippen LogP contribution in [-0.2, 0) is 4.74 Å². The van der Waals surface area contributed by atoms with Crippen LogP contribution in [0.25, 0.3) is 0 Å². The molecule has 1 N–H and O–H groups in total. The summed E-state index contributed by atoms with van der Waals surface area (Å²) >= 11 is 6.04. The van der Waals surface area contributed by atoms with Crippen molar-refractivity contribution in [3.8, 4) is 0 Å². The van der Waals surface area contributed by atoms with Gasteiger partial charge >= 0.3 is 0 Å². The Balaban J connectivity index is 2.13. The fourth-order valence-corrected chi connectivity index (χ4v) is 1.62. The maximum absolute atomic E-state index is 11.8. The molecule has 0 atom stereocenters. The highest BCUT2D eigenvalue weighted by atomic mass is 35.5. The minimum Gasteiger partial charge on any atom is -0.377 e. The average molecular weight is 226 g/mol. The summed E-state index contributed by atoms with van der Waals surface area (Å²) in [5, 5.41) is 3.38. The maximum atomic E-state index is 11.8. The molecule has 0 aromatic heterocycles. The van der Waals surface area contributed by atoms with E-state index in [4.69, 9.17) is 16.3 Å². The largest absolute Gasteiger partial charge is 0.377 e. The van der Waals surface area contributed by atoms with E-state index in [1.807, 2.05) is 19.1 Å². The molecule has 80 valence electrons. The Bertz CT molecular complexity index is 388. The maximum Gasteiger partial charge on any atom is 0.253 e. The molecule has 0 radical (unpaired) electrons. The zero-order valence-corrected chi connectivity index (χ0v) is 9.17. The van der Waals surface area contributed by atoms with Gasteiger partial charge in [0.1, 0.15) is 0 Å². The molecule has 0 aliphatic carbocycles. The fourth-order valence-electron chi connectivity index (χ4n) is 1.40. The first-order chi connectivity index (χ1) is 7.18. The number of ether oxygens (including phenoxy) is 1. The summed E-state index contributed by atoms with van der Waals surface area (Å²) in [5.41, 5.74) is 1.44. The number of benzene rings is 1. The summed E-state index contributed by atoms with van der Waals surface area (Å²) in [6, 6.07) is 5.57. The van der Waals surface area contributed by atoms with E-state index in [1.165, 1.54) is 0 Å². The summed E-state index contributed by atoms with van der Waals surface area (Å²) in [7, 11) is 0. The molecule has 0 saturated carbocycles. The highest BCUT2D eigenvalue weighted by molar-refractivity contribution is 6.34. The van der Waals surface area contributed by atoms with E-state index in [0.717, 1.165) is 5.56 Å². The Kier molecular flexibility index (Phi) is 2.93. The van der Waals surface area contributed by atoms with Crippen LogP contribution < -0.4 is 5.32 Å². The minimum absolute atomic E-state index is 0.128. The molecule has 1 fully saturated rings. The summed E-state index contributed by atoms with van der Waals surface area (Å²) < 4.78 is 4.98. The van der Waals surface area contributed by atoms with E-state index < -0.39 is 0 Å². The number of hydrogen-bond acceptors (Lipinski definition) is 2. The lowest BCUT2D eigenvalue weighted by Gasteiger charge is -2.27. The van der Waals surface area contributed by atoms with Crippen molar-refractivity contribution in [1.29, 1.82) is 0 Å². The van der Waals surface area contributed by atoms with Gasteiger partial charge in [0, 0.05) is 0 Å². The van der Waals surface area contributed by atoms with Gasteiger partial charge in [0.2, 0.25) is 0 Å². The second kappa shape index (κ2) is 4.21. The highest BCUT2D eigenvalue weighted by Gasteiger charge is 2.22. The van der Waals surface area contributed by atoms with E-state index in [0.29, 0.717) is 23.8 Å². The standard InChI is InChI=1S/C11H12ClNO2/c1-7-3-2-4-9(10(7)12)11(14)13-8-5-15-6-8/h2-4,8H,5-6H2,1H3,(H,13,14). The number of carbonyl (C=O) groups excluding carboxylic acids is 1. The van der Waals surface area contributed by atoms with E-state index in [9.17, 15) is 4.79 Å². The minimum atomic E-state index is -0.128. The van der Waals surface area contributed by atoms with Crippen LogP contribution in [0.5, 0.6) is 0 Å². The number of hydrogen-bond donors (Lipinski definition) is 1. The van der Waals surface area contributed by atoms with Gasteiger partial charge in [-0.1, -0.05) is 23.7 Å². The van der Waals surface area contributed by atoms with Crippen molar-refractivity contribution in [1.82, 2.24) is 5.32 Å². The zero-order chi connectivity index (χ0) is 10.8. The summed E-state index contributed by atoms with van der Waals surface area (Å²) in [5.74, 6) is -0.128. The van der Waals surface area contributed by atoms with Crippen molar-refractivity contribution in [2.75, 3.05) is 13.2 Å². The Labute approximate surface area is 93.4 Å². The Morgan fingerprint density at radius 1 is 1.53 bits per heavy atom. The zero-order valence-electron chi connectivity index (χ0n) is 8.42. The molecule has 0 unspecified atom stereocenters. The number of aryl methyl sites for hydroxylation is 1. The number of carbonyl (C=O) groups is 1. The normalized spacial score (nSPS) is 15.9. The van der Waals surface area contributed by atoms with Crippen LogP contribution in [-0.4, -0.2) is 25.2 Å². The van der Waals surface area contributed by atoms with Crippen LogP contribution >= 0.6 is 11.6 Å². The molecule has 1 aromatic rings. The SMILES string of the molecule is Cc1cccc(C(=O)NC2COC2)c1Cl. The fraction of sp³-hybridized carbons (Fsp3) is 0.364. The highest BCUT2D eigenvalue weighted by Crippen LogP contribution is 2.20. The molecule has 1 saturated heterocycles. The third-order valence-corrected chi connectivity index (χ3v) is 2.91. The first kappa shape index (κ1) is 10.5. The molecule has 1 heterocycles. The van der Waals surface area contributed by atoms with E-state index in [2.05, 4.69) is 5.32 Å². The number of nitrogens with one attached hydrogen (secondary N) is 1. The lowest BCUT2D eigenvalue weighted by molar-refractivity contribution is -0.00346. The van der Waals surface area contributed by atoms with Crippen molar-refractivity contribution in [2.24, 2.45) is 0 Å². The predicted octanol–water partition coefficient (Wildman–Crippen LogP) is 1.78. The van der Waals surface area contributed by atoms with Crippen LogP contribution in [0.4, 0.5) is 0 Å². The quantitative estimate of drug-likeness (QED) is 0.833. The van der Waals surface area contributed by atoms with Gasteiger partial charge in [0.25, 0.3) is 5.91 Å². The Morgan fingerprint density at radius 2 is 2.27 bits per heavy atom. The van der Waals surface area contributed by atoms with Gasteiger partial charge in [-0.3, -0.25) is 4.79 Å². The molecular formula is C11H12ClNO2. The Hall–Kier alpha value is -1.06. The van der Waals surface area contributed by atoms with Crippen molar-refractivity contribution >= 4 is 17.5 Å². The molecule has 4 heteroatoms. The topological polar surface area (TPSA) is 38.3 Å². The van der Waals surface area contributed by atoms with Gasteiger partial charge in [-0.05, 0) is 18.6 Å². The lowest BCUT2D eigenvalue weighted by Crippen LogP contribution is -2.48. The first-order valence-electron chi connectivity index (χ1n) is 4.82. The van der Waals surface area contributed by atoms with Crippen LogP contribution in [0.1, 0.15) is 15.9 Å². The molecule has 1 aliphatic rings. The van der Waals surface area contributed by atoms with E-state index in [1.54, 1.807) is 6.07 Å². The first-order valence-corrected chi connectivity index (χ1v) is 5.20. The van der Waals surface area contributed by atoms with Crippen molar-refractivity contribution < 1.29 is 9.53 Å². The number of amides is 1. The third kappa shape index (κ3) is 2.13. The van der Waals surface area contributed by atoms with Crippen molar-refractivity contribution in [3.05, 3.63) is 34.3 Å². The molecule has 0 bridgehead atoms. The van der Waals surface area contributed by atoms with Crippen LogP contribution in [0.3, 0.4) is 0 Å². The van der Waals surface area contributed by atoms with Gasteiger partial charge in [-0.25, -0.2) is 0 Å². The summed E-state index contributed by atoms with van der Waals surface area (Å²) in [6.07, 6.45) is 0. The van der Waals surface area contributed by atoms with Crippen molar-refractivity contribution in [2.45, 2.75) is 13.0 Å². The van der Waals surface area contributed by atoms with Crippen LogP contribution in [0.2, 0.25) is 5.02 Å². The summed E-state index contributed by atoms with van der Waals surface area (Å²) in [4.78, 5) is 11.8. The van der Waals surface area contributed by atoms with Crippen molar-refractivity contribution in [3.63, 3.8) is 0 Å². The number of rotatable bonds is 2. The molecule has 0 spiro atoms. The molecule has 2 rings (SSSR count). The average Bonchev–Trinajstić information content (AvgIpc) is 2.15. The Morgan fingerprint density at radius 3 is 2.87 bits per heavy atom. The summed E-state index contributed by atoms with van der Waals surface area (Å²) in [6.45, 7) is 3.07. The van der Waals surface area contributed by atoms with Gasteiger partial charge in [-0.2, -0.15) is 0 Å². The molecule has 1 aliphatic heterocycles. The molecule has 1 amide bonds. The van der Waals surface area contributed by atoms with E-state index in [-0.39, 0.29) is 11.9 Å². The second-order valence-corrected chi connectivity index (χ2v) is 4.02. The number of halogens is 1.